The van der Waals surface area contributed by atoms with Gasteiger partial charge in [0.1, 0.15) is 4.32 Å². The first-order valence-electron chi connectivity index (χ1n) is 9.82. The van der Waals surface area contributed by atoms with Crippen molar-refractivity contribution in [2.45, 2.75) is 52.9 Å². The van der Waals surface area contributed by atoms with Crippen molar-refractivity contribution in [3.8, 4) is 0 Å². The first kappa shape index (κ1) is 22.5. The molecule has 148 valence electrons. The van der Waals surface area contributed by atoms with Crippen LogP contribution in [0.5, 0.6) is 0 Å². The molecular weight excluding hydrogens is 388 g/mol. The van der Waals surface area contributed by atoms with Crippen molar-refractivity contribution in [3.05, 3.63) is 42.5 Å². The number of rotatable bonds is 7. The monoisotopic (exact) mass is 420 g/mol. The molecule has 27 heavy (non-hydrogen) atoms. The van der Waals surface area contributed by atoms with Gasteiger partial charge in [-0.15, -0.1) is 6.58 Å². The number of thiocarbonyl (C=S) groups is 1. The summed E-state index contributed by atoms with van der Waals surface area (Å²) in [6.07, 6.45) is 5.27. The van der Waals surface area contributed by atoms with Gasteiger partial charge in [-0.3, -0.25) is 0 Å². The second-order valence-corrected chi connectivity index (χ2v) is 10.1. The number of benzene rings is 1. The van der Waals surface area contributed by atoms with E-state index < -0.39 is 0 Å². The molecule has 5 heteroatoms. The Balaban J connectivity index is 2.34. The van der Waals surface area contributed by atoms with Gasteiger partial charge >= 0.3 is 0 Å². The van der Waals surface area contributed by atoms with Crippen LogP contribution in [0.1, 0.15) is 58.4 Å². The number of allylic oxidation sites excluding steroid dienone is 1. The summed E-state index contributed by atoms with van der Waals surface area (Å²) < 4.78 is 0.941. The topological polar surface area (TPSA) is 15.6 Å². The molecule has 0 spiro atoms. The molecule has 1 aromatic carbocycles. The summed E-state index contributed by atoms with van der Waals surface area (Å²) in [7, 11) is 0. The fraction of sp³-hybridized carbons (Fsp3) is 0.545. The zero-order valence-electron chi connectivity index (χ0n) is 17.0. The lowest BCUT2D eigenvalue weighted by Crippen LogP contribution is -2.47. The molecule has 0 aromatic heterocycles. The van der Waals surface area contributed by atoms with Crippen LogP contribution < -0.4 is 0 Å². The Morgan fingerprint density at radius 3 is 2.70 bits per heavy atom. The minimum absolute atomic E-state index is 0.310. The fourth-order valence-electron chi connectivity index (χ4n) is 3.15. The lowest BCUT2D eigenvalue weighted by atomic mass is 9.84. The summed E-state index contributed by atoms with van der Waals surface area (Å²) in [5.74, 6) is 2.54. The van der Waals surface area contributed by atoms with Crippen LogP contribution in [0.15, 0.2) is 41.9 Å². The predicted octanol–water partition coefficient (Wildman–Crippen LogP) is 7.25. The van der Waals surface area contributed by atoms with Crippen LogP contribution in [0.4, 0.5) is 5.69 Å². The predicted molar refractivity (Wildman–Crippen MR) is 130 cm³/mol. The highest BCUT2D eigenvalue weighted by Crippen LogP contribution is 2.40. The molecule has 0 aliphatic carbocycles. The van der Waals surface area contributed by atoms with Crippen LogP contribution in [-0.4, -0.2) is 32.4 Å². The van der Waals surface area contributed by atoms with Crippen molar-refractivity contribution in [1.82, 2.24) is 4.90 Å². The molecule has 1 aromatic rings. The van der Waals surface area contributed by atoms with E-state index in [0.29, 0.717) is 11.3 Å². The van der Waals surface area contributed by atoms with Gasteiger partial charge < -0.3 is 4.90 Å². The molecule has 0 radical (unpaired) electrons. The maximum atomic E-state index is 5.82. The van der Waals surface area contributed by atoms with Crippen LogP contribution >= 0.6 is 35.7 Å². The first-order valence-corrected chi connectivity index (χ1v) is 12.2. The molecule has 1 saturated heterocycles. The maximum absolute atomic E-state index is 5.82. The first-order chi connectivity index (χ1) is 13.0. The van der Waals surface area contributed by atoms with E-state index in [1.165, 1.54) is 18.4 Å². The molecule has 2 rings (SSSR count). The largest absolute Gasteiger partial charge is 0.306 e. The average molecular weight is 421 g/mol. The van der Waals surface area contributed by atoms with Crippen molar-refractivity contribution < 1.29 is 0 Å². The number of thioether (sulfide) groups is 2. The summed E-state index contributed by atoms with van der Waals surface area (Å²) in [4.78, 5) is 7.38. The quantitative estimate of drug-likeness (QED) is 0.262. The molecule has 0 N–H and O–H groups in total. The molecule has 0 bridgehead atoms. The van der Waals surface area contributed by atoms with E-state index in [1.54, 1.807) is 11.8 Å². The van der Waals surface area contributed by atoms with Crippen molar-refractivity contribution in [1.29, 1.82) is 0 Å². The van der Waals surface area contributed by atoms with E-state index in [0.717, 1.165) is 39.6 Å². The van der Waals surface area contributed by atoms with Crippen LogP contribution in [-0.2, 0) is 0 Å². The summed E-state index contributed by atoms with van der Waals surface area (Å²) in [5, 5.41) is 1.05. The van der Waals surface area contributed by atoms with Gasteiger partial charge in [-0.05, 0) is 42.2 Å². The van der Waals surface area contributed by atoms with Crippen molar-refractivity contribution in [2.24, 2.45) is 10.4 Å². The van der Waals surface area contributed by atoms with Crippen LogP contribution in [0.3, 0.4) is 0 Å². The van der Waals surface area contributed by atoms with Gasteiger partial charge in [0.2, 0.25) is 0 Å². The molecule has 1 heterocycles. The smallest absolute Gasteiger partial charge is 0.169 e. The third-order valence-corrected chi connectivity index (χ3v) is 8.08. The number of aliphatic imine (C=N–C) groups is 1. The molecule has 1 aliphatic rings. The van der Waals surface area contributed by atoms with Gasteiger partial charge in [-0.1, -0.05) is 87.7 Å². The third kappa shape index (κ3) is 5.85. The summed E-state index contributed by atoms with van der Waals surface area (Å²) in [5.41, 5.74) is 2.67. The Bertz CT molecular complexity index is 678. The number of nitrogens with zero attached hydrogens (tertiary/aromatic N) is 2. The van der Waals surface area contributed by atoms with Crippen molar-refractivity contribution in [2.75, 3.05) is 18.1 Å². The second kappa shape index (κ2) is 10.7. The lowest BCUT2D eigenvalue weighted by Gasteiger charge is -2.42. The summed E-state index contributed by atoms with van der Waals surface area (Å²) in [6, 6.07) is 8.47. The highest BCUT2D eigenvalue weighted by Gasteiger charge is 2.37. The van der Waals surface area contributed by atoms with E-state index in [9.17, 15) is 0 Å². The second-order valence-electron chi connectivity index (χ2n) is 7.38. The number of hydrogen-bond donors (Lipinski definition) is 0. The Morgan fingerprint density at radius 2 is 2.07 bits per heavy atom. The van der Waals surface area contributed by atoms with Gasteiger partial charge in [0.05, 0.1) is 5.69 Å². The summed E-state index contributed by atoms with van der Waals surface area (Å²) in [6.45, 7) is 13.8. The van der Waals surface area contributed by atoms with Crippen molar-refractivity contribution in [3.63, 3.8) is 0 Å². The molecule has 0 atom stereocenters. The van der Waals surface area contributed by atoms with E-state index in [4.69, 9.17) is 17.2 Å². The molecule has 0 unspecified atom stereocenters. The molecular formula is C22H32N2S3. The Morgan fingerprint density at radius 1 is 1.37 bits per heavy atom. The standard InChI is InChI=1S/C22H32N2S3/c1-6-9-14-26-21(25)24-15-22(7-2,8-3)16-27-20(24)23-19-13-11-10-12-18(19)17(4)5/h6,10-13,17H,1,7-9,14-16H2,2-5H3. The fourth-order valence-corrected chi connectivity index (χ4v) is 5.84. The van der Waals surface area contributed by atoms with Gasteiger partial charge in [0.25, 0.3) is 0 Å². The molecule has 2 nitrogen and oxygen atoms in total. The van der Waals surface area contributed by atoms with Gasteiger partial charge in [-0.2, -0.15) is 0 Å². The zero-order chi connectivity index (χ0) is 19.9. The number of para-hydroxylation sites is 1. The Kier molecular flexibility index (Phi) is 8.90. The highest BCUT2D eigenvalue weighted by molar-refractivity contribution is 8.23. The molecule has 0 saturated carbocycles. The maximum Gasteiger partial charge on any atom is 0.169 e. The SMILES string of the molecule is C=CCCSC(=S)N1CC(CC)(CC)CSC1=Nc1ccccc1C(C)C. The third-order valence-electron chi connectivity index (χ3n) is 5.27. The number of amidine groups is 1. The molecule has 1 fully saturated rings. The van der Waals surface area contributed by atoms with E-state index >= 15 is 0 Å². The van der Waals surface area contributed by atoms with Gasteiger partial charge in [0.15, 0.2) is 5.17 Å². The van der Waals surface area contributed by atoms with E-state index in [-0.39, 0.29) is 0 Å². The minimum atomic E-state index is 0.310. The normalized spacial score (nSPS) is 18.1. The minimum Gasteiger partial charge on any atom is -0.306 e. The van der Waals surface area contributed by atoms with E-state index in [2.05, 4.69) is 63.4 Å². The van der Waals surface area contributed by atoms with Gasteiger partial charge in [-0.25, -0.2) is 4.99 Å². The van der Waals surface area contributed by atoms with Crippen LogP contribution in [0.2, 0.25) is 0 Å². The van der Waals surface area contributed by atoms with E-state index in [1.807, 2.05) is 17.8 Å². The average Bonchev–Trinajstić information content (AvgIpc) is 2.69. The highest BCUT2D eigenvalue weighted by atomic mass is 32.2. The van der Waals surface area contributed by atoms with Gasteiger partial charge in [0, 0.05) is 18.1 Å². The molecule has 0 amide bonds. The lowest BCUT2D eigenvalue weighted by molar-refractivity contribution is 0.260. The summed E-state index contributed by atoms with van der Waals surface area (Å²) >= 11 is 9.44. The Hall–Kier alpha value is -0.780. The van der Waals surface area contributed by atoms with Crippen LogP contribution in [0, 0.1) is 5.41 Å². The molecule has 1 aliphatic heterocycles. The Labute approximate surface area is 179 Å². The zero-order valence-corrected chi connectivity index (χ0v) is 19.5. The van der Waals surface area contributed by atoms with Crippen molar-refractivity contribution >= 4 is 50.9 Å². The number of hydrogen-bond acceptors (Lipinski definition) is 4. The van der Waals surface area contributed by atoms with Crippen LogP contribution in [0.25, 0.3) is 0 Å².